The predicted molar refractivity (Wildman–Crippen MR) is 58.4 cm³/mol. The summed E-state index contributed by atoms with van der Waals surface area (Å²) in [5, 5.41) is 0. The Hall–Kier alpha value is -0.870. The second-order valence-electron chi connectivity index (χ2n) is 4.17. The molecule has 1 atom stereocenters. The van der Waals surface area contributed by atoms with Gasteiger partial charge in [0, 0.05) is 26.0 Å². The van der Waals surface area contributed by atoms with Crippen LogP contribution in [0.15, 0.2) is 12.4 Å². The van der Waals surface area contributed by atoms with Gasteiger partial charge in [-0.15, -0.1) is 0 Å². The van der Waals surface area contributed by atoms with Crippen LogP contribution in [0.3, 0.4) is 0 Å². The number of nitrogens with two attached hydrogens (primary N) is 1. The fourth-order valence-corrected chi connectivity index (χ4v) is 2.27. The Balaban J connectivity index is 2.23. The number of methoxy groups -OCH3 is 1. The fourth-order valence-electron chi connectivity index (χ4n) is 2.27. The molecule has 4 heteroatoms. The summed E-state index contributed by atoms with van der Waals surface area (Å²) in [6, 6.07) is -0.105. The third kappa shape index (κ3) is 1.58. The Morgan fingerprint density at radius 2 is 2.40 bits per heavy atom. The maximum atomic E-state index is 6.26. The smallest absolute Gasteiger partial charge is 0.128 e. The van der Waals surface area contributed by atoms with Gasteiger partial charge in [0.15, 0.2) is 0 Å². The van der Waals surface area contributed by atoms with E-state index in [9.17, 15) is 0 Å². The summed E-state index contributed by atoms with van der Waals surface area (Å²) in [5.41, 5.74) is 6.09. The third-order valence-electron chi connectivity index (χ3n) is 3.54. The molecule has 0 saturated heterocycles. The van der Waals surface area contributed by atoms with Crippen LogP contribution in [0, 0.1) is 0 Å². The summed E-state index contributed by atoms with van der Waals surface area (Å²) >= 11 is 0. The minimum atomic E-state index is -0.168. The zero-order chi connectivity index (χ0) is 10.9. The lowest BCUT2D eigenvalue weighted by atomic mass is 9.74. The van der Waals surface area contributed by atoms with E-state index in [-0.39, 0.29) is 11.6 Å². The zero-order valence-corrected chi connectivity index (χ0v) is 9.44. The quantitative estimate of drug-likeness (QED) is 0.817. The van der Waals surface area contributed by atoms with Gasteiger partial charge in [-0.05, 0) is 26.2 Å². The van der Waals surface area contributed by atoms with Crippen molar-refractivity contribution in [3.63, 3.8) is 0 Å². The van der Waals surface area contributed by atoms with Crippen molar-refractivity contribution in [3.8, 4) is 0 Å². The normalized spacial score (nSPS) is 21.0. The van der Waals surface area contributed by atoms with Gasteiger partial charge >= 0.3 is 0 Å². The van der Waals surface area contributed by atoms with Gasteiger partial charge in [-0.25, -0.2) is 4.98 Å². The van der Waals surface area contributed by atoms with Crippen LogP contribution in [0.1, 0.15) is 38.1 Å². The molecule has 0 bridgehead atoms. The number of hydrogen-bond donors (Lipinski definition) is 1. The van der Waals surface area contributed by atoms with E-state index in [1.807, 2.05) is 6.20 Å². The second kappa shape index (κ2) is 3.94. The van der Waals surface area contributed by atoms with Gasteiger partial charge in [-0.1, -0.05) is 0 Å². The molecule has 0 aliphatic heterocycles. The molecule has 1 aromatic rings. The molecule has 2 N–H and O–H groups in total. The number of imidazole rings is 1. The largest absolute Gasteiger partial charge is 0.376 e. The molecule has 1 fully saturated rings. The molecule has 0 aromatic carbocycles. The fraction of sp³-hybridized carbons (Fsp3) is 0.727. The van der Waals surface area contributed by atoms with Gasteiger partial charge in [0.05, 0.1) is 11.6 Å². The molecular weight excluding hydrogens is 190 g/mol. The molecule has 15 heavy (non-hydrogen) atoms. The van der Waals surface area contributed by atoms with E-state index in [1.165, 1.54) is 6.42 Å². The van der Waals surface area contributed by atoms with Crippen LogP contribution < -0.4 is 5.73 Å². The highest BCUT2D eigenvalue weighted by Crippen LogP contribution is 2.43. The minimum Gasteiger partial charge on any atom is -0.376 e. The summed E-state index contributed by atoms with van der Waals surface area (Å²) in [4.78, 5) is 4.34. The molecule has 1 heterocycles. The van der Waals surface area contributed by atoms with Gasteiger partial charge in [0.2, 0.25) is 0 Å². The van der Waals surface area contributed by atoms with Crippen LogP contribution >= 0.6 is 0 Å². The highest BCUT2D eigenvalue weighted by molar-refractivity contribution is 5.10. The molecule has 0 amide bonds. The second-order valence-corrected chi connectivity index (χ2v) is 4.17. The van der Waals surface area contributed by atoms with E-state index in [0.29, 0.717) is 0 Å². The SMILES string of the molecule is CCn1ccnc1C(N)C1(OC)CCC1. The van der Waals surface area contributed by atoms with Crippen LogP contribution in [0.2, 0.25) is 0 Å². The highest BCUT2D eigenvalue weighted by atomic mass is 16.5. The van der Waals surface area contributed by atoms with Crippen LogP contribution in [0.4, 0.5) is 0 Å². The molecular formula is C11H19N3O. The van der Waals surface area contributed by atoms with E-state index in [2.05, 4.69) is 16.5 Å². The number of hydrogen-bond acceptors (Lipinski definition) is 3. The Morgan fingerprint density at radius 3 is 2.87 bits per heavy atom. The molecule has 84 valence electrons. The maximum Gasteiger partial charge on any atom is 0.128 e. The van der Waals surface area contributed by atoms with Crippen molar-refractivity contribution in [1.29, 1.82) is 0 Å². The van der Waals surface area contributed by atoms with Crippen molar-refractivity contribution < 1.29 is 4.74 Å². The monoisotopic (exact) mass is 209 g/mol. The molecule has 4 nitrogen and oxygen atoms in total. The Labute approximate surface area is 90.4 Å². The molecule has 0 spiro atoms. The third-order valence-corrected chi connectivity index (χ3v) is 3.54. The van der Waals surface area contributed by atoms with Gasteiger partial charge in [-0.3, -0.25) is 0 Å². The van der Waals surface area contributed by atoms with Crippen molar-refractivity contribution in [3.05, 3.63) is 18.2 Å². The number of nitrogens with zero attached hydrogens (tertiary/aromatic N) is 2. The summed E-state index contributed by atoms with van der Waals surface area (Å²) in [5.74, 6) is 0.944. The highest BCUT2D eigenvalue weighted by Gasteiger charge is 2.44. The molecule has 1 saturated carbocycles. The first-order chi connectivity index (χ1) is 7.23. The van der Waals surface area contributed by atoms with Crippen LogP contribution in [-0.2, 0) is 11.3 Å². The van der Waals surface area contributed by atoms with E-state index in [0.717, 1.165) is 25.2 Å². The Bertz CT molecular complexity index is 325. The molecule has 1 aliphatic rings. The van der Waals surface area contributed by atoms with Crippen LogP contribution in [0.25, 0.3) is 0 Å². The topological polar surface area (TPSA) is 53.1 Å². The van der Waals surface area contributed by atoms with Gasteiger partial charge in [-0.2, -0.15) is 0 Å². The lowest BCUT2D eigenvalue weighted by Crippen LogP contribution is -2.49. The molecule has 0 radical (unpaired) electrons. The predicted octanol–water partition coefficient (Wildman–Crippen LogP) is 1.47. The van der Waals surface area contributed by atoms with Crippen LogP contribution in [0.5, 0.6) is 0 Å². The molecule has 1 aromatic heterocycles. The van der Waals surface area contributed by atoms with Crippen molar-refractivity contribution in [2.24, 2.45) is 5.73 Å². The number of ether oxygens (including phenoxy) is 1. The van der Waals surface area contributed by atoms with E-state index in [4.69, 9.17) is 10.5 Å². The summed E-state index contributed by atoms with van der Waals surface area (Å²) in [6.45, 7) is 3.00. The molecule has 2 rings (SSSR count). The lowest BCUT2D eigenvalue weighted by molar-refractivity contribution is -0.0934. The maximum absolute atomic E-state index is 6.26. The van der Waals surface area contributed by atoms with Crippen molar-refractivity contribution in [2.45, 2.75) is 44.4 Å². The van der Waals surface area contributed by atoms with Crippen molar-refractivity contribution >= 4 is 0 Å². The van der Waals surface area contributed by atoms with Crippen molar-refractivity contribution in [1.82, 2.24) is 9.55 Å². The average molecular weight is 209 g/mol. The number of aromatic nitrogens is 2. The molecule has 1 aliphatic carbocycles. The van der Waals surface area contributed by atoms with Gasteiger partial charge < -0.3 is 15.0 Å². The van der Waals surface area contributed by atoms with E-state index < -0.39 is 0 Å². The number of rotatable bonds is 4. The van der Waals surface area contributed by atoms with E-state index >= 15 is 0 Å². The molecule has 1 unspecified atom stereocenters. The average Bonchev–Trinajstić information content (AvgIpc) is 2.64. The van der Waals surface area contributed by atoms with Gasteiger partial charge in [0.1, 0.15) is 5.82 Å². The standard InChI is InChI=1S/C11H19N3O/c1-3-14-8-7-13-10(14)9(12)11(15-2)5-4-6-11/h7-9H,3-6,12H2,1-2H3. The summed E-state index contributed by atoms with van der Waals surface area (Å²) < 4.78 is 7.67. The summed E-state index contributed by atoms with van der Waals surface area (Å²) in [6.07, 6.45) is 7.06. The first kappa shape index (κ1) is 10.6. The van der Waals surface area contributed by atoms with Gasteiger partial charge in [0.25, 0.3) is 0 Å². The number of aryl methyl sites for hydroxylation is 1. The summed E-state index contributed by atoms with van der Waals surface area (Å²) in [7, 11) is 1.75. The first-order valence-electron chi connectivity index (χ1n) is 5.55. The van der Waals surface area contributed by atoms with Crippen LogP contribution in [-0.4, -0.2) is 22.3 Å². The first-order valence-corrected chi connectivity index (χ1v) is 5.55. The van der Waals surface area contributed by atoms with E-state index in [1.54, 1.807) is 13.3 Å². The minimum absolute atomic E-state index is 0.105. The zero-order valence-electron chi connectivity index (χ0n) is 9.44. The Kier molecular flexibility index (Phi) is 2.80. The lowest BCUT2D eigenvalue weighted by Gasteiger charge is -2.44. The van der Waals surface area contributed by atoms with Crippen molar-refractivity contribution in [2.75, 3.05) is 7.11 Å². The Morgan fingerprint density at radius 1 is 1.67 bits per heavy atom.